The second-order valence-electron chi connectivity index (χ2n) is 24.5. The summed E-state index contributed by atoms with van der Waals surface area (Å²) in [6, 6.07) is 62.6. The highest BCUT2D eigenvalue weighted by molar-refractivity contribution is 7.20. The van der Waals surface area contributed by atoms with Crippen molar-refractivity contribution in [1.29, 1.82) is 0 Å². The van der Waals surface area contributed by atoms with E-state index in [0.717, 1.165) is 48.9 Å². The van der Waals surface area contributed by atoms with Gasteiger partial charge < -0.3 is 9.97 Å². The maximum Gasteiger partial charge on any atom is 0.123 e. The number of halogens is 1. The summed E-state index contributed by atoms with van der Waals surface area (Å²) < 4.78 is 5.38. The fourth-order valence-corrected chi connectivity index (χ4v) is 16.2. The average Bonchev–Trinajstić information content (AvgIpc) is 1.58. The summed E-state index contributed by atoms with van der Waals surface area (Å²) in [6.45, 7) is 35.7. The number of thiophene rings is 6. The lowest BCUT2D eigenvalue weighted by Crippen LogP contribution is -1.77. The van der Waals surface area contributed by atoms with Crippen molar-refractivity contribution >= 4 is 163 Å². The summed E-state index contributed by atoms with van der Waals surface area (Å²) in [5.41, 5.74) is 16.8. The van der Waals surface area contributed by atoms with Gasteiger partial charge in [-0.2, -0.15) is 0 Å². The van der Waals surface area contributed by atoms with Crippen LogP contribution in [-0.4, -0.2) is 29.9 Å². The quantitative estimate of drug-likeness (QED) is 0.158. The Bertz CT molecular complexity index is 4710. The molecule has 0 aliphatic heterocycles. The van der Waals surface area contributed by atoms with Crippen molar-refractivity contribution in [2.24, 2.45) is 0 Å². The third-order valence-corrected chi connectivity index (χ3v) is 21.3. The summed E-state index contributed by atoms with van der Waals surface area (Å²) in [5.74, 6) is 0. The minimum atomic E-state index is 0.729. The molecule has 0 spiro atoms. The molecule has 17 aromatic rings. The molecule has 17 rings (SSSR count). The zero-order valence-corrected chi connectivity index (χ0v) is 63.7. The van der Waals surface area contributed by atoms with Crippen LogP contribution in [0.2, 0.25) is 5.02 Å². The summed E-state index contributed by atoms with van der Waals surface area (Å²) in [4.78, 5) is 34.4. The Labute approximate surface area is 595 Å². The predicted octanol–water partition coefficient (Wildman–Crippen LogP) is 26.9. The minimum Gasteiger partial charge on any atom is -0.360 e. The molecule has 2 N–H and O–H groups in total. The fourth-order valence-electron chi connectivity index (χ4n) is 10.5. The van der Waals surface area contributed by atoms with Crippen LogP contribution in [0, 0.1) is 118 Å². The standard InChI is InChI=1S/C12H12.C10H11N.2C10H10S.3C9H9NS.C8H7ClN2.C6H8S/c1-9-3-5-12-8-10(2)4-6-11(12)7-9;2*1-7-3-4-10-9(5-7)6-8(2)11-10;1-7-3-4-9-6-8(2)11-10(9)5-7;1-6-3-9-8(10-5-6)4-7(2)11-9;1-6-3-4-9-8(10-6)5-7(2)11-9;1-6-3-4-8-5-7(2)11-9(8)10-6;1-5-2-8-6(3-10-5)7(9)4-11-8;1-5-3-4-6(2)7-5/h3-8H,1-2H3;3-6,11H,1-2H3;2*3-6H,1-2H3;3*3-5H,1-2H3;2-4,11H,1H3;3-4H,1-2H3. The van der Waals surface area contributed by atoms with Crippen LogP contribution in [0.15, 0.2) is 195 Å². The van der Waals surface area contributed by atoms with E-state index in [0.29, 0.717) is 0 Å². The smallest absolute Gasteiger partial charge is 0.123 e. The molecule has 0 aliphatic carbocycles. The Hall–Kier alpha value is -8.17. The average molecular weight is 1390 g/mol. The molecule has 13 heteroatoms. The molecule has 0 bridgehead atoms. The Morgan fingerprint density at radius 2 is 0.792 bits per heavy atom. The highest BCUT2D eigenvalue weighted by Crippen LogP contribution is 2.29. The van der Waals surface area contributed by atoms with E-state index in [2.05, 4.69) is 297 Å². The molecule has 0 saturated carbocycles. The first kappa shape index (κ1) is 72.1. The van der Waals surface area contributed by atoms with E-state index in [9.17, 15) is 0 Å². The second kappa shape index (κ2) is 33.7. The minimum absolute atomic E-state index is 0.729. The van der Waals surface area contributed by atoms with Crippen molar-refractivity contribution in [3.63, 3.8) is 0 Å². The van der Waals surface area contributed by atoms with Gasteiger partial charge in [0.1, 0.15) is 4.83 Å². The highest BCUT2D eigenvalue weighted by Gasteiger charge is 2.04. The predicted molar refractivity (Wildman–Crippen MR) is 431 cm³/mol. The number of benzene rings is 5. The first-order chi connectivity index (χ1) is 45.8. The lowest BCUT2D eigenvalue weighted by Gasteiger charge is -1.99. The number of hydrogen-bond donors (Lipinski definition) is 2. The molecule has 490 valence electrons. The number of aromatic amines is 2. The van der Waals surface area contributed by atoms with E-state index in [1.165, 1.54) is 130 Å². The Balaban J connectivity index is 0.000000127. The van der Waals surface area contributed by atoms with Crippen LogP contribution in [0.5, 0.6) is 0 Å². The number of aryl methyl sites for hydroxylation is 17. The lowest BCUT2D eigenvalue weighted by molar-refractivity contribution is 1.22. The van der Waals surface area contributed by atoms with Gasteiger partial charge in [0.25, 0.3) is 0 Å². The largest absolute Gasteiger partial charge is 0.360 e. The molecule has 0 unspecified atom stereocenters. The number of aromatic nitrogens is 6. The molecule has 0 aliphatic rings. The van der Waals surface area contributed by atoms with Gasteiger partial charge in [-0.1, -0.05) is 107 Å². The molecule has 6 nitrogen and oxygen atoms in total. The molecule has 12 heterocycles. The zero-order chi connectivity index (χ0) is 68.7. The van der Waals surface area contributed by atoms with Crippen LogP contribution < -0.4 is 0 Å². The lowest BCUT2D eigenvalue weighted by atomic mass is 10.1. The van der Waals surface area contributed by atoms with Crippen LogP contribution in [0.3, 0.4) is 0 Å². The van der Waals surface area contributed by atoms with Gasteiger partial charge in [0.05, 0.1) is 31.0 Å². The van der Waals surface area contributed by atoms with Crippen LogP contribution >= 0.6 is 79.6 Å². The molecule has 12 aromatic heterocycles. The van der Waals surface area contributed by atoms with Crippen LogP contribution in [0.25, 0.3) is 83.4 Å². The maximum absolute atomic E-state index is 5.85. The van der Waals surface area contributed by atoms with E-state index in [1.807, 2.05) is 67.0 Å². The van der Waals surface area contributed by atoms with Gasteiger partial charge in [-0.05, 0) is 259 Å². The van der Waals surface area contributed by atoms with E-state index in [-0.39, 0.29) is 0 Å². The fraction of sp³-hybridized carbons (Fsp3) is 0.205. The number of rotatable bonds is 0. The van der Waals surface area contributed by atoms with Crippen LogP contribution in [0.1, 0.15) is 90.3 Å². The Kier molecular flexibility index (Phi) is 25.3. The van der Waals surface area contributed by atoms with Gasteiger partial charge in [-0.3, -0.25) is 15.0 Å². The van der Waals surface area contributed by atoms with Gasteiger partial charge in [0.15, 0.2) is 0 Å². The molecular formula is C83H85ClN6S6. The molecule has 5 aromatic carbocycles. The van der Waals surface area contributed by atoms with Gasteiger partial charge in [-0.15, -0.1) is 68.0 Å². The number of hydrogen-bond acceptors (Lipinski definition) is 10. The maximum atomic E-state index is 5.85. The van der Waals surface area contributed by atoms with Crippen molar-refractivity contribution < 1.29 is 0 Å². The van der Waals surface area contributed by atoms with Gasteiger partial charge in [0, 0.05) is 101 Å². The van der Waals surface area contributed by atoms with Crippen molar-refractivity contribution in [1.82, 2.24) is 29.9 Å². The zero-order valence-electron chi connectivity index (χ0n) is 58.1. The molecule has 0 radical (unpaired) electrons. The van der Waals surface area contributed by atoms with Crippen molar-refractivity contribution in [2.45, 2.75) is 118 Å². The molecule has 0 saturated heterocycles. The Morgan fingerprint density at radius 1 is 0.302 bits per heavy atom. The summed E-state index contributed by atoms with van der Waals surface area (Å²) in [6.07, 6.45) is 5.46. The van der Waals surface area contributed by atoms with Gasteiger partial charge in [-0.25, -0.2) is 4.98 Å². The monoisotopic (exact) mass is 1390 g/mol. The molecular weight excluding hydrogens is 1310 g/mol. The molecule has 0 amide bonds. The van der Waals surface area contributed by atoms with E-state index in [4.69, 9.17) is 11.6 Å². The van der Waals surface area contributed by atoms with Crippen molar-refractivity contribution in [3.05, 3.63) is 290 Å². The normalized spacial score (nSPS) is 10.6. The summed E-state index contributed by atoms with van der Waals surface area (Å²) in [5, 5.41) is 9.71. The first-order valence-corrected chi connectivity index (χ1v) is 37.2. The first-order valence-electron chi connectivity index (χ1n) is 31.9. The van der Waals surface area contributed by atoms with Crippen LogP contribution in [-0.2, 0) is 0 Å². The third-order valence-electron chi connectivity index (χ3n) is 15.1. The van der Waals surface area contributed by atoms with E-state index in [1.54, 1.807) is 46.4 Å². The highest BCUT2D eigenvalue weighted by atomic mass is 35.5. The van der Waals surface area contributed by atoms with Crippen molar-refractivity contribution in [3.8, 4) is 0 Å². The summed E-state index contributed by atoms with van der Waals surface area (Å²) >= 11 is 16.8. The SMILES string of the molecule is Cc1cc2[nH]cc(Cl)c2cn1.Cc1ccc(C)s1.Cc1ccc2[nH]c(C)cc2c1.Cc1ccc2cc(C)ccc2c1.Cc1ccc2cc(C)sc2c1.Cc1ccc2cc(C)sc2n1.Cc1ccc2sc(C)cc2c1.Cc1ccc2sc(C)cc2n1.Cc1cnc2cc(C)sc2c1. The van der Waals surface area contributed by atoms with E-state index < -0.39 is 0 Å². The number of pyridine rings is 4. The van der Waals surface area contributed by atoms with Crippen molar-refractivity contribution in [2.75, 3.05) is 0 Å². The van der Waals surface area contributed by atoms with E-state index >= 15 is 0 Å². The number of fused-ring (bicyclic) bond motifs is 8. The molecule has 0 atom stereocenters. The number of H-pyrrole nitrogens is 2. The van der Waals surface area contributed by atoms with Gasteiger partial charge >= 0.3 is 0 Å². The van der Waals surface area contributed by atoms with Crippen LogP contribution in [0.4, 0.5) is 0 Å². The third kappa shape index (κ3) is 21.2. The van der Waals surface area contributed by atoms with Gasteiger partial charge in [0.2, 0.25) is 0 Å². The Morgan fingerprint density at radius 3 is 1.46 bits per heavy atom. The number of nitrogens with zero attached hydrogens (tertiary/aromatic N) is 4. The second-order valence-corrected chi connectivity index (χ2v) is 32.8. The number of nitrogens with one attached hydrogen (secondary N) is 2. The molecule has 96 heavy (non-hydrogen) atoms. The molecule has 0 fully saturated rings. The topological polar surface area (TPSA) is 83.1 Å². The summed E-state index contributed by atoms with van der Waals surface area (Å²) in [7, 11) is 0.